The Morgan fingerprint density at radius 3 is 2.58 bits per heavy atom. The maximum absolute atomic E-state index is 12.9. The maximum Gasteiger partial charge on any atom is 0.416 e. The molecule has 1 aliphatic heterocycles. The fourth-order valence-electron chi connectivity index (χ4n) is 3.75. The number of rotatable bonds is 6. The highest BCUT2D eigenvalue weighted by atomic mass is 35.5. The zero-order valence-electron chi connectivity index (χ0n) is 18.6. The van der Waals surface area contributed by atoms with Gasteiger partial charge in [0.1, 0.15) is 22.7 Å². The predicted molar refractivity (Wildman–Crippen MR) is 130 cm³/mol. The van der Waals surface area contributed by atoms with Gasteiger partial charge in [-0.05, 0) is 49.4 Å². The number of aromatic amines is 1. The third-order valence-electron chi connectivity index (χ3n) is 5.50. The Kier molecular flexibility index (Phi) is 7.27. The molecule has 4 heterocycles. The fourth-order valence-corrected chi connectivity index (χ4v) is 3.75. The van der Waals surface area contributed by atoms with Crippen LogP contribution in [0.5, 0.6) is 11.5 Å². The summed E-state index contributed by atoms with van der Waals surface area (Å²) in [6, 6.07) is 9.79. The highest BCUT2D eigenvalue weighted by Gasteiger charge is 2.31. The maximum atomic E-state index is 12.9. The number of ether oxygens (including phenoxy) is 1. The van der Waals surface area contributed by atoms with E-state index < -0.39 is 17.6 Å². The van der Waals surface area contributed by atoms with E-state index in [0.717, 1.165) is 37.8 Å². The van der Waals surface area contributed by atoms with Gasteiger partial charge in [0, 0.05) is 36.6 Å². The summed E-state index contributed by atoms with van der Waals surface area (Å²) in [5.74, 6) is 0.841. The van der Waals surface area contributed by atoms with Crippen molar-refractivity contribution in [2.24, 2.45) is 0 Å². The summed E-state index contributed by atoms with van der Waals surface area (Å²) in [5, 5.41) is 17.0. The van der Waals surface area contributed by atoms with Crippen molar-refractivity contribution in [3.63, 3.8) is 0 Å². The molecule has 188 valence electrons. The number of carbonyl (C=O) groups excluding carboxylic acids is 1. The molecule has 0 unspecified atom stereocenters. The number of amides is 1. The third kappa shape index (κ3) is 5.50. The lowest BCUT2D eigenvalue weighted by molar-refractivity contribution is -0.137. The second-order valence-electron chi connectivity index (χ2n) is 7.95. The molecule has 9 nitrogen and oxygen atoms in total. The van der Waals surface area contributed by atoms with E-state index in [0.29, 0.717) is 28.4 Å². The molecule has 0 bridgehead atoms. The van der Waals surface area contributed by atoms with Gasteiger partial charge < -0.3 is 20.7 Å². The number of alkyl halides is 3. The fraction of sp³-hybridized carbons (Fsp3) is 0.217. The Hall–Kier alpha value is -3.90. The van der Waals surface area contributed by atoms with Crippen LogP contribution >= 0.6 is 12.4 Å². The van der Waals surface area contributed by atoms with Crippen LogP contribution < -0.4 is 20.7 Å². The highest BCUT2D eigenvalue weighted by molar-refractivity contribution is 6.03. The molecule has 13 heteroatoms. The summed E-state index contributed by atoms with van der Waals surface area (Å²) in [7, 11) is 0. The number of carbonyl (C=O) groups is 1. The summed E-state index contributed by atoms with van der Waals surface area (Å²) >= 11 is 0. The van der Waals surface area contributed by atoms with Crippen molar-refractivity contribution in [3.8, 4) is 11.5 Å². The molecular formula is C23H21ClF3N7O2. The Morgan fingerprint density at radius 2 is 1.86 bits per heavy atom. The predicted octanol–water partition coefficient (Wildman–Crippen LogP) is 4.61. The lowest BCUT2D eigenvalue weighted by atomic mass is 10.2. The minimum Gasteiger partial charge on any atom is -0.456 e. The van der Waals surface area contributed by atoms with Gasteiger partial charge in [-0.25, -0.2) is 9.97 Å². The van der Waals surface area contributed by atoms with Crippen molar-refractivity contribution in [1.29, 1.82) is 0 Å². The van der Waals surface area contributed by atoms with E-state index in [1.54, 1.807) is 24.4 Å². The van der Waals surface area contributed by atoms with E-state index in [9.17, 15) is 18.0 Å². The first-order valence-electron chi connectivity index (χ1n) is 10.8. The van der Waals surface area contributed by atoms with E-state index in [1.165, 1.54) is 12.1 Å². The summed E-state index contributed by atoms with van der Waals surface area (Å²) in [6.07, 6.45) is -0.962. The van der Waals surface area contributed by atoms with Crippen LogP contribution in [0.15, 0.2) is 54.9 Å². The van der Waals surface area contributed by atoms with Crippen LogP contribution in [0.4, 0.5) is 24.8 Å². The standard InChI is InChI=1S/C23H20F3N7O2.ClH/c24-23(25,26)14-5-9-28-18(11-14)31-22(34)13-1-3-16(4-2-13)35-17-7-10-29-20-19(17)21(33-32-20)30-15-6-8-27-12-15;/h1-5,7,9-11,15,27H,6,8,12H2,(H,28,31,34)(H2,29,30,32,33);1H/t15-;/m1./s1. The van der Waals surface area contributed by atoms with Gasteiger partial charge in [-0.1, -0.05) is 0 Å². The average molecular weight is 520 g/mol. The van der Waals surface area contributed by atoms with Crippen molar-refractivity contribution >= 4 is 41.0 Å². The summed E-state index contributed by atoms with van der Waals surface area (Å²) in [6.45, 7) is 1.77. The van der Waals surface area contributed by atoms with Crippen molar-refractivity contribution < 1.29 is 22.7 Å². The lowest BCUT2D eigenvalue weighted by Crippen LogP contribution is -2.22. The SMILES string of the molecule is Cl.O=C(Nc1cc(C(F)(F)F)ccn1)c1ccc(Oc2ccnc3[nH]nc(N[C@@H]4CCNC4)c23)cc1. The number of hydrogen-bond acceptors (Lipinski definition) is 7. The molecule has 1 aromatic carbocycles. The van der Waals surface area contributed by atoms with Crippen LogP contribution in [0.1, 0.15) is 22.3 Å². The molecule has 1 aliphatic rings. The van der Waals surface area contributed by atoms with E-state index in [4.69, 9.17) is 4.74 Å². The Labute approximate surface area is 209 Å². The summed E-state index contributed by atoms with van der Waals surface area (Å²) in [4.78, 5) is 20.6. The number of pyridine rings is 2. The number of benzene rings is 1. The molecule has 0 aliphatic carbocycles. The minimum atomic E-state index is -4.53. The Bertz CT molecular complexity index is 1360. The van der Waals surface area contributed by atoms with Gasteiger partial charge in [0.05, 0.1) is 5.56 Å². The van der Waals surface area contributed by atoms with Crippen molar-refractivity contribution in [3.05, 3.63) is 66.0 Å². The molecule has 1 saturated heterocycles. The van der Waals surface area contributed by atoms with Crippen molar-refractivity contribution in [1.82, 2.24) is 25.5 Å². The van der Waals surface area contributed by atoms with Gasteiger partial charge in [-0.2, -0.15) is 18.3 Å². The largest absolute Gasteiger partial charge is 0.456 e. The van der Waals surface area contributed by atoms with E-state index in [-0.39, 0.29) is 29.8 Å². The lowest BCUT2D eigenvalue weighted by Gasteiger charge is -2.12. The van der Waals surface area contributed by atoms with Crippen LogP contribution in [-0.2, 0) is 6.18 Å². The van der Waals surface area contributed by atoms with E-state index >= 15 is 0 Å². The van der Waals surface area contributed by atoms with Crippen molar-refractivity contribution in [2.45, 2.75) is 18.6 Å². The molecular weight excluding hydrogens is 499 g/mol. The van der Waals surface area contributed by atoms with Crippen LogP contribution in [0.25, 0.3) is 11.0 Å². The average Bonchev–Trinajstić information content (AvgIpc) is 3.50. The Morgan fingerprint density at radius 1 is 1.08 bits per heavy atom. The highest BCUT2D eigenvalue weighted by Crippen LogP contribution is 2.33. The molecule has 36 heavy (non-hydrogen) atoms. The molecule has 4 aromatic rings. The quantitative estimate of drug-likeness (QED) is 0.294. The van der Waals surface area contributed by atoms with Gasteiger partial charge in [0.15, 0.2) is 11.5 Å². The number of nitrogens with zero attached hydrogens (tertiary/aromatic N) is 3. The first kappa shape index (κ1) is 25.2. The number of anilines is 2. The van der Waals surface area contributed by atoms with Crippen LogP contribution in [0.2, 0.25) is 0 Å². The van der Waals surface area contributed by atoms with Crippen LogP contribution in [-0.4, -0.2) is 45.2 Å². The topological polar surface area (TPSA) is 117 Å². The second-order valence-corrected chi connectivity index (χ2v) is 7.95. The number of halogens is 4. The first-order valence-corrected chi connectivity index (χ1v) is 10.8. The zero-order chi connectivity index (χ0) is 24.4. The molecule has 1 fully saturated rings. The van der Waals surface area contributed by atoms with Crippen molar-refractivity contribution in [2.75, 3.05) is 23.7 Å². The first-order chi connectivity index (χ1) is 16.9. The van der Waals surface area contributed by atoms with Crippen LogP contribution in [0.3, 0.4) is 0 Å². The van der Waals surface area contributed by atoms with Gasteiger partial charge in [0.2, 0.25) is 0 Å². The molecule has 0 saturated carbocycles. The smallest absolute Gasteiger partial charge is 0.416 e. The second kappa shape index (κ2) is 10.4. The monoisotopic (exact) mass is 519 g/mol. The van der Waals surface area contributed by atoms with Gasteiger partial charge in [0.25, 0.3) is 5.91 Å². The number of nitrogens with one attached hydrogen (secondary N) is 4. The van der Waals surface area contributed by atoms with Gasteiger partial charge >= 0.3 is 6.18 Å². The minimum absolute atomic E-state index is 0. The number of hydrogen-bond donors (Lipinski definition) is 4. The molecule has 1 amide bonds. The van der Waals surface area contributed by atoms with E-state index in [1.807, 2.05) is 0 Å². The normalized spacial score (nSPS) is 15.4. The molecule has 0 radical (unpaired) electrons. The zero-order valence-corrected chi connectivity index (χ0v) is 19.4. The molecule has 5 rings (SSSR count). The molecule has 1 atom stereocenters. The summed E-state index contributed by atoms with van der Waals surface area (Å²) in [5.41, 5.74) is -0.0936. The van der Waals surface area contributed by atoms with Gasteiger partial charge in [-0.15, -0.1) is 12.4 Å². The summed E-state index contributed by atoms with van der Waals surface area (Å²) < 4.78 is 44.7. The molecule has 3 aromatic heterocycles. The Balaban J connectivity index is 0.00000304. The third-order valence-corrected chi connectivity index (χ3v) is 5.50. The number of aromatic nitrogens is 4. The van der Waals surface area contributed by atoms with Gasteiger partial charge in [-0.3, -0.25) is 9.89 Å². The van der Waals surface area contributed by atoms with E-state index in [2.05, 4.69) is 36.1 Å². The molecule has 4 N–H and O–H groups in total. The molecule has 0 spiro atoms. The number of fused-ring (bicyclic) bond motifs is 1. The number of H-pyrrole nitrogens is 1. The van der Waals surface area contributed by atoms with Crippen LogP contribution in [0, 0.1) is 0 Å².